The highest BCUT2D eigenvalue weighted by molar-refractivity contribution is 5.97. The van der Waals surface area contributed by atoms with Gasteiger partial charge in [0, 0.05) is 5.39 Å². The molecular formula is C14H13F2NO3. The lowest BCUT2D eigenvalue weighted by atomic mass is 10.1. The monoisotopic (exact) mass is 281 g/mol. The zero-order chi connectivity index (χ0) is 14.7. The Hall–Kier alpha value is -2.24. The Bertz CT molecular complexity index is 658. The summed E-state index contributed by atoms with van der Waals surface area (Å²) in [4.78, 5) is 15.6. The van der Waals surface area contributed by atoms with Crippen LogP contribution in [0.2, 0.25) is 0 Å². The highest BCUT2D eigenvalue weighted by atomic mass is 19.1. The molecule has 2 rings (SSSR count). The first kappa shape index (κ1) is 14.2. The van der Waals surface area contributed by atoms with Gasteiger partial charge in [-0.05, 0) is 25.1 Å². The molecule has 106 valence electrons. The number of hydrogen-bond donors (Lipinski definition) is 0. The topological polar surface area (TPSA) is 48.4 Å². The maximum Gasteiger partial charge on any atom is 0.338 e. The molecule has 1 heterocycles. The molecule has 20 heavy (non-hydrogen) atoms. The van der Waals surface area contributed by atoms with E-state index < -0.39 is 18.5 Å². The van der Waals surface area contributed by atoms with E-state index in [4.69, 9.17) is 9.47 Å². The third-order valence-corrected chi connectivity index (χ3v) is 2.77. The van der Waals surface area contributed by atoms with Gasteiger partial charge in [-0.2, -0.15) is 0 Å². The van der Waals surface area contributed by atoms with Crippen LogP contribution in [0.1, 0.15) is 23.0 Å². The van der Waals surface area contributed by atoms with E-state index >= 15 is 0 Å². The van der Waals surface area contributed by atoms with Crippen LogP contribution in [0.5, 0.6) is 5.75 Å². The number of carbonyl (C=O) groups excluding carboxylic acids is 1. The van der Waals surface area contributed by atoms with Crippen molar-refractivity contribution < 1.29 is 23.0 Å². The summed E-state index contributed by atoms with van der Waals surface area (Å²) in [5, 5.41) is 0.349. The number of halogens is 2. The number of ether oxygens (including phenoxy) is 2. The van der Waals surface area contributed by atoms with E-state index in [-0.39, 0.29) is 23.6 Å². The summed E-state index contributed by atoms with van der Waals surface area (Å²) in [6.45, 7) is 0.905. The summed E-state index contributed by atoms with van der Waals surface area (Å²) >= 11 is 0. The van der Waals surface area contributed by atoms with Crippen LogP contribution in [0.15, 0.2) is 18.2 Å². The molecule has 0 amide bonds. The van der Waals surface area contributed by atoms with Crippen molar-refractivity contribution in [3.05, 3.63) is 35.3 Å². The number of rotatable bonds is 4. The molecule has 0 saturated carbocycles. The molecule has 1 aromatic heterocycles. The first-order valence-corrected chi connectivity index (χ1v) is 6.01. The lowest BCUT2D eigenvalue weighted by Crippen LogP contribution is -2.06. The lowest BCUT2D eigenvalue weighted by Gasteiger charge is -2.09. The first-order chi connectivity index (χ1) is 9.60. The standard InChI is InChI=1S/C14H13F2NO3/c1-3-20-14(18)9-4-8-5-10(16)11(7-15)17-13(8)12(6-9)19-2/h4-6H,3,7H2,1-2H3. The minimum atomic E-state index is -1.01. The molecular weight excluding hydrogens is 268 g/mol. The highest BCUT2D eigenvalue weighted by Crippen LogP contribution is 2.28. The Morgan fingerprint density at radius 3 is 2.70 bits per heavy atom. The van der Waals surface area contributed by atoms with E-state index in [9.17, 15) is 13.6 Å². The van der Waals surface area contributed by atoms with Crippen LogP contribution in [-0.4, -0.2) is 24.7 Å². The van der Waals surface area contributed by atoms with Crippen LogP contribution in [0, 0.1) is 5.82 Å². The molecule has 0 saturated heterocycles. The van der Waals surface area contributed by atoms with Gasteiger partial charge in [-0.3, -0.25) is 0 Å². The minimum absolute atomic E-state index is 0.227. The molecule has 0 spiro atoms. The summed E-state index contributed by atoms with van der Waals surface area (Å²) in [5.74, 6) is -1.04. The summed E-state index contributed by atoms with van der Waals surface area (Å²) in [6, 6.07) is 4.00. The second kappa shape index (κ2) is 5.81. The Morgan fingerprint density at radius 2 is 2.10 bits per heavy atom. The minimum Gasteiger partial charge on any atom is -0.494 e. The number of pyridine rings is 1. The van der Waals surface area contributed by atoms with Crippen molar-refractivity contribution in [1.29, 1.82) is 0 Å². The fourth-order valence-electron chi connectivity index (χ4n) is 1.85. The van der Waals surface area contributed by atoms with Crippen LogP contribution >= 0.6 is 0 Å². The van der Waals surface area contributed by atoms with Gasteiger partial charge in [0.15, 0.2) is 0 Å². The Balaban J connectivity index is 2.64. The first-order valence-electron chi connectivity index (χ1n) is 6.01. The fraction of sp³-hybridized carbons (Fsp3) is 0.286. The van der Waals surface area contributed by atoms with Gasteiger partial charge in [-0.1, -0.05) is 0 Å². The van der Waals surface area contributed by atoms with E-state index in [0.717, 1.165) is 6.07 Å². The van der Waals surface area contributed by atoms with Crippen molar-refractivity contribution in [2.75, 3.05) is 13.7 Å². The number of benzene rings is 1. The van der Waals surface area contributed by atoms with Gasteiger partial charge in [-0.25, -0.2) is 18.6 Å². The molecule has 0 aliphatic heterocycles. The Kier molecular flexibility index (Phi) is 4.12. The fourth-order valence-corrected chi connectivity index (χ4v) is 1.85. The maximum absolute atomic E-state index is 13.6. The number of esters is 1. The van der Waals surface area contributed by atoms with Crippen LogP contribution in [0.3, 0.4) is 0 Å². The van der Waals surface area contributed by atoms with E-state index in [1.54, 1.807) is 6.92 Å². The summed E-state index contributed by atoms with van der Waals surface area (Å²) in [7, 11) is 1.39. The maximum atomic E-state index is 13.6. The average molecular weight is 281 g/mol. The Morgan fingerprint density at radius 1 is 1.35 bits per heavy atom. The van der Waals surface area contributed by atoms with Gasteiger partial charge in [0.05, 0.1) is 19.3 Å². The van der Waals surface area contributed by atoms with E-state index in [1.165, 1.54) is 19.2 Å². The third-order valence-electron chi connectivity index (χ3n) is 2.77. The molecule has 2 aromatic rings. The van der Waals surface area contributed by atoms with Crippen molar-refractivity contribution in [3.8, 4) is 5.75 Å². The molecule has 4 nitrogen and oxygen atoms in total. The van der Waals surface area contributed by atoms with Crippen LogP contribution < -0.4 is 4.74 Å². The summed E-state index contributed by atoms with van der Waals surface area (Å²) in [5.41, 5.74) is 0.236. The third kappa shape index (κ3) is 2.54. The second-order valence-electron chi connectivity index (χ2n) is 4.02. The number of carbonyl (C=O) groups is 1. The lowest BCUT2D eigenvalue weighted by molar-refractivity contribution is 0.0526. The van der Waals surface area contributed by atoms with Crippen LogP contribution in [-0.2, 0) is 11.4 Å². The van der Waals surface area contributed by atoms with Gasteiger partial charge in [0.2, 0.25) is 0 Å². The van der Waals surface area contributed by atoms with Gasteiger partial charge < -0.3 is 9.47 Å². The predicted molar refractivity (Wildman–Crippen MR) is 69.0 cm³/mol. The van der Waals surface area contributed by atoms with E-state index in [2.05, 4.69) is 4.98 Å². The number of fused-ring (bicyclic) bond motifs is 1. The van der Waals surface area contributed by atoms with E-state index in [0.29, 0.717) is 10.9 Å². The number of methoxy groups -OCH3 is 1. The molecule has 6 heteroatoms. The van der Waals surface area contributed by atoms with Gasteiger partial charge in [0.25, 0.3) is 0 Å². The predicted octanol–water partition coefficient (Wildman–Crippen LogP) is 3.03. The summed E-state index contributed by atoms with van der Waals surface area (Å²) < 4.78 is 36.2. The summed E-state index contributed by atoms with van der Waals surface area (Å²) in [6.07, 6.45) is 0. The normalized spacial score (nSPS) is 10.6. The van der Waals surface area contributed by atoms with Crippen LogP contribution in [0.25, 0.3) is 10.9 Å². The molecule has 0 fully saturated rings. The zero-order valence-electron chi connectivity index (χ0n) is 11.1. The Labute approximate surface area is 114 Å². The average Bonchev–Trinajstić information content (AvgIpc) is 2.45. The van der Waals surface area contributed by atoms with Gasteiger partial charge in [-0.15, -0.1) is 0 Å². The molecule has 0 bridgehead atoms. The molecule has 0 atom stereocenters. The van der Waals surface area contributed by atoms with Crippen molar-refractivity contribution in [2.24, 2.45) is 0 Å². The van der Waals surface area contributed by atoms with Gasteiger partial charge in [0.1, 0.15) is 29.5 Å². The number of hydrogen-bond acceptors (Lipinski definition) is 4. The number of nitrogens with zero attached hydrogens (tertiary/aromatic N) is 1. The molecule has 0 aliphatic carbocycles. The van der Waals surface area contributed by atoms with Gasteiger partial charge >= 0.3 is 5.97 Å². The second-order valence-corrected chi connectivity index (χ2v) is 4.02. The van der Waals surface area contributed by atoms with E-state index in [1.807, 2.05) is 0 Å². The van der Waals surface area contributed by atoms with Crippen LogP contribution in [0.4, 0.5) is 8.78 Å². The quantitative estimate of drug-likeness (QED) is 0.808. The van der Waals surface area contributed by atoms with Crippen molar-refractivity contribution in [1.82, 2.24) is 4.98 Å². The molecule has 0 radical (unpaired) electrons. The molecule has 0 N–H and O–H groups in total. The van der Waals surface area contributed by atoms with Crippen molar-refractivity contribution in [2.45, 2.75) is 13.6 Å². The molecule has 0 aliphatic rings. The SMILES string of the molecule is CCOC(=O)c1cc(OC)c2nc(CF)c(F)cc2c1. The smallest absolute Gasteiger partial charge is 0.338 e. The largest absolute Gasteiger partial charge is 0.494 e. The molecule has 1 aromatic carbocycles. The molecule has 0 unspecified atom stereocenters. The van der Waals surface area contributed by atoms with Crippen molar-refractivity contribution in [3.63, 3.8) is 0 Å². The number of aromatic nitrogens is 1. The van der Waals surface area contributed by atoms with Crippen molar-refractivity contribution >= 4 is 16.9 Å². The zero-order valence-corrected chi connectivity index (χ0v) is 11.1. The number of alkyl halides is 1. The highest BCUT2D eigenvalue weighted by Gasteiger charge is 2.15.